The van der Waals surface area contributed by atoms with Gasteiger partial charge in [-0.05, 0) is 50.6 Å². The molecule has 0 saturated heterocycles. The molecule has 0 aromatic rings. The van der Waals surface area contributed by atoms with Gasteiger partial charge in [0.1, 0.15) is 0 Å². The lowest BCUT2D eigenvalue weighted by atomic mass is 9.76. The van der Waals surface area contributed by atoms with Crippen LogP contribution in [0.4, 0.5) is 0 Å². The Morgan fingerprint density at radius 2 is 1.65 bits per heavy atom. The standard InChI is InChI=1S/C15H30N2/c1-11-6-4-8-14(12(11)2)17(3)15-9-5-7-13(15)10-16/h11-15H,4-10,16H2,1-3H3. The highest BCUT2D eigenvalue weighted by atomic mass is 15.2. The monoisotopic (exact) mass is 238 g/mol. The summed E-state index contributed by atoms with van der Waals surface area (Å²) in [5.41, 5.74) is 5.93. The van der Waals surface area contributed by atoms with E-state index in [0.29, 0.717) is 0 Å². The maximum atomic E-state index is 5.93. The summed E-state index contributed by atoms with van der Waals surface area (Å²) in [7, 11) is 2.36. The molecule has 100 valence electrons. The maximum Gasteiger partial charge on any atom is 0.0136 e. The van der Waals surface area contributed by atoms with Gasteiger partial charge in [-0.25, -0.2) is 0 Å². The molecule has 2 saturated carbocycles. The minimum Gasteiger partial charge on any atom is -0.330 e. The van der Waals surface area contributed by atoms with Crippen molar-refractivity contribution in [1.29, 1.82) is 0 Å². The minimum atomic E-state index is 0.754. The van der Waals surface area contributed by atoms with Gasteiger partial charge in [-0.2, -0.15) is 0 Å². The van der Waals surface area contributed by atoms with Gasteiger partial charge in [-0.3, -0.25) is 4.90 Å². The van der Waals surface area contributed by atoms with E-state index in [1.807, 2.05) is 0 Å². The summed E-state index contributed by atoms with van der Waals surface area (Å²) in [5.74, 6) is 2.51. The first-order chi connectivity index (χ1) is 8.15. The van der Waals surface area contributed by atoms with Crippen molar-refractivity contribution in [3.63, 3.8) is 0 Å². The van der Waals surface area contributed by atoms with Crippen LogP contribution < -0.4 is 5.73 Å². The van der Waals surface area contributed by atoms with E-state index in [1.54, 1.807) is 0 Å². The molecule has 0 aliphatic heterocycles. The molecule has 0 bridgehead atoms. The average Bonchev–Trinajstić information content (AvgIpc) is 2.80. The molecule has 0 amide bonds. The van der Waals surface area contributed by atoms with Gasteiger partial charge in [-0.15, -0.1) is 0 Å². The van der Waals surface area contributed by atoms with E-state index >= 15 is 0 Å². The summed E-state index contributed by atoms with van der Waals surface area (Å²) < 4.78 is 0. The van der Waals surface area contributed by atoms with Crippen LogP contribution in [0.5, 0.6) is 0 Å². The molecule has 5 unspecified atom stereocenters. The zero-order valence-corrected chi connectivity index (χ0v) is 11.9. The first-order valence-electron chi connectivity index (χ1n) is 7.57. The van der Waals surface area contributed by atoms with Gasteiger partial charge in [0.15, 0.2) is 0 Å². The molecular weight excluding hydrogens is 208 g/mol. The molecule has 5 atom stereocenters. The Balaban J connectivity index is 2.00. The average molecular weight is 238 g/mol. The number of nitrogens with zero attached hydrogens (tertiary/aromatic N) is 1. The molecule has 0 aromatic carbocycles. The lowest BCUT2D eigenvalue weighted by Crippen LogP contribution is -2.49. The Morgan fingerprint density at radius 1 is 1.00 bits per heavy atom. The smallest absolute Gasteiger partial charge is 0.0136 e. The van der Waals surface area contributed by atoms with Crippen molar-refractivity contribution in [1.82, 2.24) is 4.90 Å². The Hall–Kier alpha value is -0.0800. The quantitative estimate of drug-likeness (QED) is 0.819. The predicted octanol–water partition coefficient (Wildman–Crippen LogP) is 2.87. The summed E-state index contributed by atoms with van der Waals surface area (Å²) in [4.78, 5) is 2.70. The van der Waals surface area contributed by atoms with E-state index in [9.17, 15) is 0 Å². The Labute approximate surface area is 107 Å². The van der Waals surface area contributed by atoms with Gasteiger partial charge in [0, 0.05) is 12.1 Å². The van der Waals surface area contributed by atoms with Crippen LogP contribution in [0.3, 0.4) is 0 Å². The summed E-state index contributed by atoms with van der Waals surface area (Å²) >= 11 is 0. The second-order valence-corrected chi connectivity index (χ2v) is 6.49. The largest absolute Gasteiger partial charge is 0.330 e. The highest BCUT2D eigenvalue weighted by Gasteiger charge is 2.37. The molecule has 0 heterocycles. The van der Waals surface area contributed by atoms with E-state index in [0.717, 1.165) is 36.4 Å². The molecule has 0 aromatic heterocycles. The summed E-state index contributed by atoms with van der Waals surface area (Å²) in [6.45, 7) is 5.77. The van der Waals surface area contributed by atoms with Gasteiger partial charge < -0.3 is 5.73 Å². The van der Waals surface area contributed by atoms with Crippen LogP contribution in [0.1, 0.15) is 52.4 Å². The van der Waals surface area contributed by atoms with Crippen molar-refractivity contribution in [3.8, 4) is 0 Å². The third kappa shape index (κ3) is 2.68. The minimum absolute atomic E-state index is 0.754. The van der Waals surface area contributed by atoms with Crippen molar-refractivity contribution < 1.29 is 0 Å². The zero-order chi connectivity index (χ0) is 12.4. The van der Waals surface area contributed by atoms with E-state index in [1.165, 1.54) is 38.5 Å². The van der Waals surface area contributed by atoms with Gasteiger partial charge >= 0.3 is 0 Å². The molecule has 2 N–H and O–H groups in total. The normalized spacial score (nSPS) is 43.2. The Bertz CT molecular complexity index is 241. The lowest BCUT2D eigenvalue weighted by molar-refractivity contribution is 0.0558. The highest BCUT2D eigenvalue weighted by molar-refractivity contribution is 4.91. The molecule has 0 spiro atoms. The fourth-order valence-electron chi connectivity index (χ4n) is 4.20. The van der Waals surface area contributed by atoms with Crippen LogP contribution in [0.2, 0.25) is 0 Å². The summed E-state index contributed by atoms with van der Waals surface area (Å²) in [5, 5.41) is 0. The van der Waals surface area contributed by atoms with Gasteiger partial charge in [-0.1, -0.05) is 33.1 Å². The van der Waals surface area contributed by atoms with Crippen molar-refractivity contribution in [2.75, 3.05) is 13.6 Å². The third-order valence-electron chi connectivity index (χ3n) is 5.63. The van der Waals surface area contributed by atoms with Gasteiger partial charge in [0.05, 0.1) is 0 Å². The van der Waals surface area contributed by atoms with Crippen molar-refractivity contribution >= 4 is 0 Å². The van der Waals surface area contributed by atoms with Gasteiger partial charge in [0.2, 0.25) is 0 Å². The van der Waals surface area contributed by atoms with Gasteiger partial charge in [0.25, 0.3) is 0 Å². The Morgan fingerprint density at radius 3 is 2.35 bits per heavy atom. The Kier molecular flexibility index (Phi) is 4.48. The number of nitrogens with two attached hydrogens (primary N) is 1. The molecule has 2 heteroatoms. The molecular formula is C15H30N2. The second kappa shape index (κ2) is 5.71. The van der Waals surface area contributed by atoms with E-state index < -0.39 is 0 Å². The topological polar surface area (TPSA) is 29.3 Å². The lowest BCUT2D eigenvalue weighted by Gasteiger charge is -2.44. The number of hydrogen-bond acceptors (Lipinski definition) is 2. The maximum absolute atomic E-state index is 5.93. The molecule has 2 rings (SSSR count). The molecule has 17 heavy (non-hydrogen) atoms. The fraction of sp³-hybridized carbons (Fsp3) is 1.00. The van der Waals surface area contributed by atoms with Crippen molar-refractivity contribution in [2.45, 2.75) is 64.5 Å². The zero-order valence-electron chi connectivity index (χ0n) is 11.9. The molecule has 0 radical (unpaired) electrons. The fourth-order valence-corrected chi connectivity index (χ4v) is 4.20. The first-order valence-corrected chi connectivity index (χ1v) is 7.57. The van der Waals surface area contributed by atoms with Crippen LogP contribution in [0, 0.1) is 17.8 Å². The number of hydrogen-bond donors (Lipinski definition) is 1. The predicted molar refractivity (Wildman–Crippen MR) is 73.9 cm³/mol. The third-order valence-corrected chi connectivity index (χ3v) is 5.63. The molecule has 2 nitrogen and oxygen atoms in total. The first kappa shape index (κ1) is 13.4. The summed E-state index contributed by atoms with van der Waals surface area (Å²) in [6.07, 6.45) is 8.35. The molecule has 2 aliphatic carbocycles. The van der Waals surface area contributed by atoms with Crippen LogP contribution in [-0.4, -0.2) is 30.6 Å². The number of rotatable bonds is 3. The highest BCUT2D eigenvalue weighted by Crippen LogP contribution is 2.37. The SMILES string of the molecule is CC1CCCC(N(C)C2CCCC2CN)C1C. The van der Waals surface area contributed by atoms with Crippen molar-refractivity contribution in [3.05, 3.63) is 0 Å². The summed E-state index contributed by atoms with van der Waals surface area (Å²) in [6, 6.07) is 1.56. The van der Waals surface area contributed by atoms with E-state index in [2.05, 4.69) is 25.8 Å². The molecule has 2 aliphatic rings. The second-order valence-electron chi connectivity index (χ2n) is 6.49. The van der Waals surface area contributed by atoms with Crippen LogP contribution in [0.15, 0.2) is 0 Å². The van der Waals surface area contributed by atoms with Crippen LogP contribution >= 0.6 is 0 Å². The van der Waals surface area contributed by atoms with E-state index in [-0.39, 0.29) is 0 Å². The van der Waals surface area contributed by atoms with Crippen LogP contribution in [0.25, 0.3) is 0 Å². The molecule has 2 fully saturated rings. The van der Waals surface area contributed by atoms with E-state index in [4.69, 9.17) is 5.73 Å². The van der Waals surface area contributed by atoms with Crippen molar-refractivity contribution in [2.24, 2.45) is 23.5 Å². The van der Waals surface area contributed by atoms with Crippen LogP contribution in [-0.2, 0) is 0 Å².